The van der Waals surface area contributed by atoms with E-state index in [4.69, 9.17) is 0 Å². The zero-order chi connectivity index (χ0) is 12.6. The highest BCUT2D eigenvalue weighted by Crippen LogP contribution is 2.14. The Hall–Kier alpha value is -0.930. The van der Waals surface area contributed by atoms with Gasteiger partial charge in [0.15, 0.2) is 0 Å². The van der Waals surface area contributed by atoms with E-state index >= 15 is 0 Å². The van der Waals surface area contributed by atoms with Crippen molar-refractivity contribution in [2.45, 2.75) is 25.7 Å². The zero-order valence-electron chi connectivity index (χ0n) is 11.4. The van der Waals surface area contributed by atoms with Crippen molar-refractivity contribution >= 4 is 0 Å². The third kappa shape index (κ3) is 4.75. The molecule has 0 saturated carbocycles. The van der Waals surface area contributed by atoms with E-state index in [0.29, 0.717) is 0 Å². The van der Waals surface area contributed by atoms with Gasteiger partial charge in [0.2, 0.25) is 0 Å². The van der Waals surface area contributed by atoms with Gasteiger partial charge in [0.05, 0.1) is 0 Å². The van der Waals surface area contributed by atoms with Crippen molar-refractivity contribution in [3.05, 3.63) is 30.1 Å². The van der Waals surface area contributed by atoms with Crippen LogP contribution in [0.4, 0.5) is 0 Å². The molecule has 1 N–H and O–H groups in total. The molecule has 3 nitrogen and oxygen atoms in total. The zero-order valence-corrected chi connectivity index (χ0v) is 11.4. The summed E-state index contributed by atoms with van der Waals surface area (Å²) in [6.07, 6.45) is 7.01. The number of nitrogens with one attached hydrogen (secondary N) is 1. The van der Waals surface area contributed by atoms with Crippen molar-refractivity contribution < 1.29 is 0 Å². The first-order valence-corrected chi connectivity index (χ1v) is 7.14. The van der Waals surface area contributed by atoms with E-state index in [-0.39, 0.29) is 0 Å². The lowest BCUT2D eigenvalue weighted by atomic mass is 10.0. The van der Waals surface area contributed by atoms with Crippen LogP contribution in [0.25, 0.3) is 0 Å². The molecule has 2 rings (SSSR count). The van der Waals surface area contributed by atoms with E-state index in [1.807, 2.05) is 12.3 Å². The van der Waals surface area contributed by atoms with Crippen LogP contribution in [0.15, 0.2) is 24.4 Å². The van der Waals surface area contributed by atoms with Gasteiger partial charge in [-0.25, -0.2) is 0 Å². The van der Waals surface area contributed by atoms with E-state index in [2.05, 4.69) is 34.4 Å². The van der Waals surface area contributed by atoms with Crippen LogP contribution in [-0.4, -0.2) is 43.1 Å². The lowest BCUT2D eigenvalue weighted by Crippen LogP contribution is -2.23. The van der Waals surface area contributed by atoms with Crippen LogP contribution in [0.3, 0.4) is 0 Å². The fourth-order valence-corrected chi connectivity index (χ4v) is 2.57. The third-order valence-corrected chi connectivity index (χ3v) is 3.79. The molecule has 1 saturated heterocycles. The Morgan fingerprint density at radius 3 is 3.06 bits per heavy atom. The maximum atomic E-state index is 4.36. The van der Waals surface area contributed by atoms with E-state index in [9.17, 15) is 0 Å². The van der Waals surface area contributed by atoms with Gasteiger partial charge < -0.3 is 10.2 Å². The summed E-state index contributed by atoms with van der Waals surface area (Å²) < 4.78 is 0. The molecular weight excluding hydrogens is 222 g/mol. The smallest absolute Gasteiger partial charge is 0.0416 e. The molecule has 1 atom stereocenters. The molecule has 0 aromatic carbocycles. The second kappa shape index (κ2) is 7.49. The molecule has 0 radical (unpaired) electrons. The monoisotopic (exact) mass is 247 g/mol. The maximum absolute atomic E-state index is 4.36. The van der Waals surface area contributed by atoms with Crippen LogP contribution in [0.5, 0.6) is 0 Å². The first-order chi connectivity index (χ1) is 8.84. The van der Waals surface area contributed by atoms with Gasteiger partial charge in [0.25, 0.3) is 0 Å². The van der Waals surface area contributed by atoms with Gasteiger partial charge in [-0.3, -0.25) is 4.98 Å². The molecule has 1 fully saturated rings. The number of hydrogen-bond acceptors (Lipinski definition) is 3. The fraction of sp³-hybridized carbons (Fsp3) is 0.667. The Kier molecular flexibility index (Phi) is 5.62. The normalized spacial score (nSPS) is 19.6. The van der Waals surface area contributed by atoms with E-state index in [1.165, 1.54) is 44.6 Å². The topological polar surface area (TPSA) is 28.2 Å². The summed E-state index contributed by atoms with van der Waals surface area (Å²) in [5, 5.41) is 3.44. The highest BCUT2D eigenvalue weighted by Gasteiger charge is 2.13. The van der Waals surface area contributed by atoms with Crippen molar-refractivity contribution in [3.8, 4) is 0 Å². The predicted molar refractivity (Wildman–Crippen MR) is 75.6 cm³/mol. The summed E-state index contributed by atoms with van der Waals surface area (Å²) in [7, 11) is 2.22. The number of pyridine rings is 1. The maximum Gasteiger partial charge on any atom is 0.0416 e. The molecule has 18 heavy (non-hydrogen) atoms. The van der Waals surface area contributed by atoms with Crippen molar-refractivity contribution in [1.29, 1.82) is 0 Å². The Labute approximate surface area is 111 Å². The van der Waals surface area contributed by atoms with E-state index in [1.54, 1.807) is 0 Å². The lowest BCUT2D eigenvalue weighted by Gasteiger charge is -2.17. The summed E-state index contributed by atoms with van der Waals surface area (Å²) in [6, 6.07) is 6.15. The van der Waals surface area contributed by atoms with Crippen LogP contribution < -0.4 is 5.32 Å². The Morgan fingerprint density at radius 1 is 1.39 bits per heavy atom. The first-order valence-electron chi connectivity index (χ1n) is 7.14. The van der Waals surface area contributed by atoms with Crippen molar-refractivity contribution in [2.75, 3.05) is 33.2 Å². The number of hydrogen-bond donors (Lipinski definition) is 1. The molecule has 1 aromatic heterocycles. The standard InChI is InChI=1S/C15H25N3/c1-18(11-4-5-14-7-10-16-13-14)12-8-15-6-2-3-9-17-15/h2-3,6,9,14,16H,4-5,7-8,10-13H2,1H3. The summed E-state index contributed by atoms with van der Waals surface area (Å²) in [5.74, 6) is 0.925. The average molecular weight is 247 g/mol. The highest BCUT2D eigenvalue weighted by molar-refractivity contribution is 5.03. The van der Waals surface area contributed by atoms with Crippen molar-refractivity contribution in [3.63, 3.8) is 0 Å². The molecule has 0 bridgehead atoms. The largest absolute Gasteiger partial charge is 0.316 e. The molecule has 100 valence electrons. The predicted octanol–water partition coefficient (Wildman–Crippen LogP) is 1.95. The van der Waals surface area contributed by atoms with Gasteiger partial charge >= 0.3 is 0 Å². The van der Waals surface area contributed by atoms with Crippen molar-refractivity contribution in [1.82, 2.24) is 15.2 Å². The Morgan fingerprint density at radius 2 is 2.33 bits per heavy atom. The second-order valence-corrected chi connectivity index (χ2v) is 5.38. The van der Waals surface area contributed by atoms with Gasteiger partial charge in [0, 0.05) is 24.9 Å². The summed E-state index contributed by atoms with van der Waals surface area (Å²) in [4.78, 5) is 6.79. The molecule has 0 amide bonds. The molecular formula is C15H25N3. The number of nitrogens with zero attached hydrogens (tertiary/aromatic N) is 2. The second-order valence-electron chi connectivity index (χ2n) is 5.38. The molecule has 1 aromatic rings. The van der Waals surface area contributed by atoms with Gasteiger partial charge in [-0.2, -0.15) is 0 Å². The van der Waals surface area contributed by atoms with Gasteiger partial charge in [-0.1, -0.05) is 6.07 Å². The minimum Gasteiger partial charge on any atom is -0.316 e. The minimum atomic E-state index is 0.925. The van der Waals surface area contributed by atoms with Crippen LogP contribution in [0, 0.1) is 5.92 Å². The molecule has 1 unspecified atom stereocenters. The quantitative estimate of drug-likeness (QED) is 0.798. The number of rotatable bonds is 7. The van der Waals surface area contributed by atoms with E-state index in [0.717, 1.165) is 18.9 Å². The van der Waals surface area contributed by atoms with Crippen LogP contribution in [0.2, 0.25) is 0 Å². The SMILES string of the molecule is CN(CCCC1CCNC1)CCc1ccccn1. The molecule has 2 heterocycles. The number of likely N-dealkylation sites (N-methyl/N-ethyl adjacent to an activating group) is 1. The Balaban J connectivity index is 1.56. The lowest BCUT2D eigenvalue weighted by molar-refractivity contribution is 0.317. The minimum absolute atomic E-state index is 0.925. The van der Waals surface area contributed by atoms with E-state index < -0.39 is 0 Å². The molecule has 0 spiro atoms. The molecule has 1 aliphatic rings. The Bertz CT molecular complexity index is 320. The van der Waals surface area contributed by atoms with Gasteiger partial charge in [-0.05, 0) is 64.0 Å². The summed E-state index contributed by atoms with van der Waals surface area (Å²) in [5.41, 5.74) is 1.20. The van der Waals surface area contributed by atoms with Crippen LogP contribution in [0.1, 0.15) is 25.0 Å². The van der Waals surface area contributed by atoms with Gasteiger partial charge in [0.1, 0.15) is 0 Å². The van der Waals surface area contributed by atoms with Crippen molar-refractivity contribution in [2.24, 2.45) is 5.92 Å². The fourth-order valence-electron chi connectivity index (χ4n) is 2.57. The summed E-state index contributed by atoms with van der Waals surface area (Å²) >= 11 is 0. The van der Waals surface area contributed by atoms with Gasteiger partial charge in [-0.15, -0.1) is 0 Å². The first kappa shape index (κ1) is 13.5. The molecule has 0 aliphatic carbocycles. The average Bonchev–Trinajstić information content (AvgIpc) is 2.91. The van der Waals surface area contributed by atoms with Crippen LogP contribution in [-0.2, 0) is 6.42 Å². The highest BCUT2D eigenvalue weighted by atomic mass is 15.1. The third-order valence-electron chi connectivity index (χ3n) is 3.79. The number of aromatic nitrogens is 1. The van der Waals surface area contributed by atoms with Crippen LogP contribution >= 0.6 is 0 Å². The molecule has 3 heteroatoms. The molecule has 1 aliphatic heterocycles. The summed E-state index contributed by atoms with van der Waals surface area (Å²) in [6.45, 7) is 4.78.